The summed E-state index contributed by atoms with van der Waals surface area (Å²) in [5, 5.41) is 3.09. The number of rotatable bonds is 7. The molecule has 1 heterocycles. The van der Waals surface area contributed by atoms with E-state index in [1.165, 1.54) is 17.5 Å². The van der Waals surface area contributed by atoms with Crippen molar-refractivity contribution in [3.63, 3.8) is 0 Å². The van der Waals surface area contributed by atoms with E-state index in [2.05, 4.69) is 48.0 Å². The van der Waals surface area contributed by atoms with E-state index in [1.807, 2.05) is 5.38 Å². The molecule has 1 aromatic carbocycles. The third-order valence-corrected chi connectivity index (χ3v) is 4.47. The van der Waals surface area contributed by atoms with Gasteiger partial charge in [-0.15, -0.1) is 22.9 Å². The topological polar surface area (TPSA) is 16.1 Å². The Morgan fingerprint density at radius 1 is 1.30 bits per heavy atom. The van der Waals surface area contributed by atoms with E-state index in [1.54, 1.807) is 11.3 Å². The van der Waals surface area contributed by atoms with Crippen molar-refractivity contribution in [2.75, 3.05) is 13.1 Å². The molecule has 20 heavy (non-hydrogen) atoms. The van der Waals surface area contributed by atoms with Gasteiger partial charge in [0.25, 0.3) is 0 Å². The predicted octanol–water partition coefficient (Wildman–Crippen LogP) is 4.78. The minimum atomic E-state index is 0.482. The quantitative estimate of drug-likeness (QED) is 0.684. The highest BCUT2D eigenvalue weighted by Gasteiger charge is 2.07. The molecule has 0 saturated heterocycles. The summed E-state index contributed by atoms with van der Waals surface area (Å²) in [4.78, 5) is 7.01. The number of nitrogens with zero attached hydrogens (tertiary/aromatic N) is 2. The third kappa shape index (κ3) is 4.05. The molecular weight excluding hydrogens is 288 g/mol. The number of halogens is 1. The lowest BCUT2D eigenvalue weighted by atomic mass is 10.1. The van der Waals surface area contributed by atoms with E-state index >= 15 is 0 Å². The molecule has 0 fully saturated rings. The van der Waals surface area contributed by atoms with Gasteiger partial charge in [-0.3, -0.25) is 4.90 Å². The van der Waals surface area contributed by atoms with Crippen LogP contribution in [0, 0.1) is 0 Å². The van der Waals surface area contributed by atoms with E-state index in [9.17, 15) is 0 Å². The Labute approximate surface area is 130 Å². The van der Waals surface area contributed by atoms with Crippen LogP contribution >= 0.6 is 22.9 Å². The average molecular weight is 309 g/mol. The van der Waals surface area contributed by atoms with Gasteiger partial charge in [0.2, 0.25) is 0 Å². The second-order valence-corrected chi connectivity index (χ2v) is 5.97. The summed E-state index contributed by atoms with van der Waals surface area (Å²) in [6.07, 6.45) is 1.19. The molecule has 2 rings (SSSR count). The van der Waals surface area contributed by atoms with Gasteiger partial charge in [0.1, 0.15) is 5.01 Å². The molecule has 2 aromatic rings. The van der Waals surface area contributed by atoms with Gasteiger partial charge < -0.3 is 0 Å². The van der Waals surface area contributed by atoms with Crippen molar-refractivity contribution in [3.8, 4) is 10.6 Å². The molecule has 0 spiro atoms. The van der Waals surface area contributed by atoms with E-state index in [-0.39, 0.29) is 0 Å². The average Bonchev–Trinajstić information content (AvgIpc) is 2.96. The summed E-state index contributed by atoms with van der Waals surface area (Å²) in [6, 6.07) is 8.68. The van der Waals surface area contributed by atoms with Gasteiger partial charge in [-0.2, -0.15) is 0 Å². The summed E-state index contributed by atoms with van der Waals surface area (Å²) < 4.78 is 0. The maximum Gasteiger partial charge on any atom is 0.123 e. The summed E-state index contributed by atoms with van der Waals surface area (Å²) in [5.41, 5.74) is 3.50. The molecule has 0 unspecified atom stereocenters. The minimum absolute atomic E-state index is 0.482. The van der Waals surface area contributed by atoms with Crippen molar-refractivity contribution in [1.29, 1.82) is 0 Å². The Kier molecular flexibility index (Phi) is 6.02. The molecule has 0 bridgehead atoms. The zero-order valence-corrected chi connectivity index (χ0v) is 13.7. The Morgan fingerprint density at radius 3 is 2.80 bits per heavy atom. The van der Waals surface area contributed by atoms with Gasteiger partial charge in [0.15, 0.2) is 0 Å². The monoisotopic (exact) mass is 308 g/mol. The molecule has 0 N–H and O–H groups in total. The number of aromatic nitrogens is 1. The largest absolute Gasteiger partial charge is 0.299 e. The van der Waals surface area contributed by atoms with E-state index in [4.69, 9.17) is 11.6 Å². The second-order valence-electron chi connectivity index (χ2n) is 4.85. The lowest BCUT2D eigenvalue weighted by Crippen LogP contribution is -2.23. The summed E-state index contributed by atoms with van der Waals surface area (Å²) >= 11 is 7.48. The van der Waals surface area contributed by atoms with Crippen molar-refractivity contribution in [3.05, 3.63) is 40.9 Å². The summed E-state index contributed by atoms with van der Waals surface area (Å²) in [6.45, 7) is 7.68. The molecule has 4 heteroatoms. The number of benzene rings is 1. The fourth-order valence-corrected chi connectivity index (χ4v) is 3.27. The van der Waals surface area contributed by atoms with Crippen molar-refractivity contribution < 1.29 is 0 Å². The Morgan fingerprint density at radius 2 is 2.15 bits per heavy atom. The molecule has 0 atom stereocenters. The lowest BCUT2D eigenvalue weighted by Gasteiger charge is -2.19. The van der Waals surface area contributed by atoms with E-state index in [0.29, 0.717) is 5.88 Å². The fourth-order valence-electron chi connectivity index (χ4n) is 2.23. The maximum absolute atomic E-state index is 5.82. The van der Waals surface area contributed by atoms with Crippen LogP contribution in [-0.2, 0) is 12.4 Å². The van der Waals surface area contributed by atoms with Crippen LogP contribution in [0.15, 0.2) is 29.6 Å². The maximum atomic E-state index is 5.82. The van der Waals surface area contributed by atoms with Gasteiger partial charge in [0.05, 0.1) is 11.6 Å². The Balaban J connectivity index is 2.14. The zero-order chi connectivity index (χ0) is 14.4. The predicted molar refractivity (Wildman–Crippen MR) is 88.3 cm³/mol. The Bertz CT molecular complexity index is 539. The standard InChI is InChI=1S/C16H21ClN2S/c1-3-8-19(4-2)11-13-6-5-7-14(9-13)16-18-15(10-17)12-20-16/h5-7,9,12H,3-4,8,10-11H2,1-2H3. The zero-order valence-electron chi connectivity index (χ0n) is 12.1. The second kappa shape index (κ2) is 7.77. The van der Waals surface area contributed by atoms with Gasteiger partial charge in [-0.25, -0.2) is 4.98 Å². The molecule has 0 amide bonds. The molecule has 1 aromatic heterocycles. The summed E-state index contributed by atoms with van der Waals surface area (Å²) in [7, 11) is 0. The first kappa shape index (κ1) is 15.5. The van der Waals surface area contributed by atoms with E-state index < -0.39 is 0 Å². The van der Waals surface area contributed by atoms with Crippen LogP contribution in [0.1, 0.15) is 31.5 Å². The SMILES string of the molecule is CCCN(CC)Cc1cccc(-c2nc(CCl)cs2)c1. The number of thiazole rings is 1. The van der Waals surface area contributed by atoms with Gasteiger partial charge in [0, 0.05) is 17.5 Å². The first-order valence-electron chi connectivity index (χ1n) is 7.08. The molecule has 2 nitrogen and oxygen atoms in total. The molecule has 0 aliphatic rings. The number of hydrogen-bond acceptors (Lipinski definition) is 3. The van der Waals surface area contributed by atoms with Crippen molar-refractivity contribution in [1.82, 2.24) is 9.88 Å². The van der Waals surface area contributed by atoms with Crippen LogP contribution in [0.5, 0.6) is 0 Å². The van der Waals surface area contributed by atoms with Gasteiger partial charge >= 0.3 is 0 Å². The number of hydrogen-bond donors (Lipinski definition) is 0. The van der Waals surface area contributed by atoms with Crippen LogP contribution in [0.2, 0.25) is 0 Å². The molecule has 0 aliphatic heterocycles. The highest BCUT2D eigenvalue weighted by atomic mass is 35.5. The van der Waals surface area contributed by atoms with E-state index in [0.717, 1.165) is 30.3 Å². The first-order chi connectivity index (χ1) is 9.76. The molecule has 0 saturated carbocycles. The van der Waals surface area contributed by atoms with Crippen molar-refractivity contribution >= 4 is 22.9 Å². The first-order valence-corrected chi connectivity index (χ1v) is 8.50. The molecular formula is C16H21ClN2S. The third-order valence-electron chi connectivity index (χ3n) is 3.26. The van der Waals surface area contributed by atoms with Gasteiger partial charge in [-0.05, 0) is 31.1 Å². The van der Waals surface area contributed by atoms with Crippen molar-refractivity contribution in [2.45, 2.75) is 32.7 Å². The minimum Gasteiger partial charge on any atom is -0.299 e. The van der Waals surface area contributed by atoms with Crippen LogP contribution < -0.4 is 0 Å². The van der Waals surface area contributed by atoms with Crippen molar-refractivity contribution in [2.24, 2.45) is 0 Å². The van der Waals surface area contributed by atoms with Crippen LogP contribution in [0.4, 0.5) is 0 Å². The molecule has 0 radical (unpaired) electrons. The lowest BCUT2D eigenvalue weighted by molar-refractivity contribution is 0.280. The highest BCUT2D eigenvalue weighted by molar-refractivity contribution is 7.13. The van der Waals surface area contributed by atoms with Gasteiger partial charge in [-0.1, -0.05) is 32.0 Å². The Hall–Kier alpha value is -0.900. The smallest absolute Gasteiger partial charge is 0.123 e. The number of alkyl halides is 1. The normalized spacial score (nSPS) is 11.2. The fraction of sp³-hybridized carbons (Fsp3) is 0.438. The van der Waals surface area contributed by atoms with Crippen LogP contribution in [-0.4, -0.2) is 23.0 Å². The summed E-state index contributed by atoms with van der Waals surface area (Å²) in [5.74, 6) is 0.482. The molecule has 0 aliphatic carbocycles. The molecule has 108 valence electrons. The highest BCUT2D eigenvalue weighted by Crippen LogP contribution is 2.25. The van der Waals surface area contributed by atoms with Crippen LogP contribution in [0.3, 0.4) is 0 Å². The van der Waals surface area contributed by atoms with Crippen LogP contribution in [0.25, 0.3) is 10.6 Å².